The van der Waals surface area contributed by atoms with E-state index in [4.69, 9.17) is 15.2 Å². The monoisotopic (exact) mass is 177 g/mol. The van der Waals surface area contributed by atoms with E-state index in [1.165, 1.54) is 0 Å². The highest BCUT2D eigenvalue weighted by atomic mass is 16.7. The second kappa shape index (κ2) is 7.02. The predicted molar refractivity (Wildman–Crippen MR) is 43.3 cm³/mol. The Morgan fingerprint density at radius 2 is 2.08 bits per heavy atom. The van der Waals surface area contributed by atoms with E-state index in [0.717, 1.165) is 0 Å². The van der Waals surface area contributed by atoms with Crippen molar-refractivity contribution in [2.24, 2.45) is 5.73 Å². The molecule has 4 N–H and O–H groups in total. The first-order valence-corrected chi connectivity index (χ1v) is 3.86. The van der Waals surface area contributed by atoms with Gasteiger partial charge >= 0.3 is 0 Å². The van der Waals surface area contributed by atoms with Crippen molar-refractivity contribution in [3.8, 4) is 0 Å². The highest BCUT2D eigenvalue weighted by molar-refractivity contribution is 5.73. The van der Waals surface area contributed by atoms with Crippen LogP contribution >= 0.6 is 0 Å². The number of amides is 1. The van der Waals surface area contributed by atoms with Crippen LogP contribution in [0.5, 0.6) is 0 Å². The number of hydrogen-bond acceptors (Lipinski definition) is 3. The van der Waals surface area contributed by atoms with Crippen molar-refractivity contribution >= 4 is 5.91 Å². The Hall–Kier alpha value is -0.650. The van der Waals surface area contributed by atoms with E-state index in [2.05, 4.69) is 0 Å². The molecule has 0 aliphatic heterocycles. The minimum atomic E-state index is -0.280. The van der Waals surface area contributed by atoms with Crippen LogP contribution in [0.2, 0.25) is 0 Å². The third-order valence-corrected chi connectivity index (χ3v) is 1.48. The molecule has 0 saturated heterocycles. The molecule has 0 bridgehead atoms. The summed E-state index contributed by atoms with van der Waals surface area (Å²) in [7, 11) is 3.16. The zero-order valence-corrected chi connectivity index (χ0v) is 7.58. The summed E-state index contributed by atoms with van der Waals surface area (Å²) in [4.78, 5) is 10.3. The summed E-state index contributed by atoms with van der Waals surface area (Å²) in [6, 6.07) is 0. The second-order valence-electron chi connectivity index (χ2n) is 2.43. The van der Waals surface area contributed by atoms with E-state index in [0.29, 0.717) is 19.5 Å². The molecule has 0 aliphatic rings. The fourth-order valence-electron chi connectivity index (χ4n) is 0.787. The number of methoxy groups -OCH3 is 2. The molecular formula is C7H17N2O3+. The third-order valence-electron chi connectivity index (χ3n) is 1.48. The van der Waals surface area contributed by atoms with Gasteiger partial charge in [0.1, 0.15) is 6.54 Å². The fourth-order valence-corrected chi connectivity index (χ4v) is 0.787. The lowest BCUT2D eigenvalue weighted by atomic mass is 10.4. The first kappa shape index (κ1) is 11.4. The average Bonchev–Trinajstić information content (AvgIpc) is 2.04. The lowest BCUT2D eigenvalue weighted by Gasteiger charge is -2.10. The summed E-state index contributed by atoms with van der Waals surface area (Å²) in [5.74, 6) is -0.280. The summed E-state index contributed by atoms with van der Waals surface area (Å²) >= 11 is 0. The number of carbonyl (C=O) groups excluding carboxylic acids is 1. The maximum atomic E-state index is 10.3. The number of quaternary nitrogens is 1. The van der Waals surface area contributed by atoms with E-state index in [-0.39, 0.29) is 12.2 Å². The van der Waals surface area contributed by atoms with Gasteiger partial charge in [0.2, 0.25) is 12.2 Å². The highest BCUT2D eigenvalue weighted by Gasteiger charge is 2.06. The van der Waals surface area contributed by atoms with Crippen LogP contribution in [-0.4, -0.2) is 39.5 Å². The average molecular weight is 177 g/mol. The van der Waals surface area contributed by atoms with Gasteiger partial charge in [0.25, 0.3) is 0 Å². The molecule has 0 unspecified atom stereocenters. The van der Waals surface area contributed by atoms with Gasteiger partial charge in [-0.05, 0) is 0 Å². The van der Waals surface area contributed by atoms with Crippen LogP contribution in [0.15, 0.2) is 0 Å². The van der Waals surface area contributed by atoms with Crippen LogP contribution in [-0.2, 0) is 14.3 Å². The molecule has 0 saturated carbocycles. The van der Waals surface area contributed by atoms with Gasteiger partial charge in [-0.1, -0.05) is 0 Å². The molecule has 5 nitrogen and oxygen atoms in total. The molecule has 0 rings (SSSR count). The normalized spacial score (nSPS) is 10.6. The zero-order valence-electron chi connectivity index (χ0n) is 7.58. The van der Waals surface area contributed by atoms with E-state index in [9.17, 15) is 4.79 Å². The van der Waals surface area contributed by atoms with Gasteiger partial charge in [-0.3, -0.25) is 4.79 Å². The summed E-state index contributed by atoms with van der Waals surface area (Å²) in [6.07, 6.45) is 0.179. The Labute approximate surface area is 72.2 Å². The van der Waals surface area contributed by atoms with Gasteiger partial charge in [-0.2, -0.15) is 0 Å². The molecular weight excluding hydrogens is 160 g/mol. The lowest BCUT2D eigenvalue weighted by Crippen LogP contribution is -2.86. The zero-order chi connectivity index (χ0) is 9.40. The van der Waals surface area contributed by atoms with Crippen molar-refractivity contribution in [1.29, 1.82) is 0 Å². The number of hydrogen-bond donors (Lipinski definition) is 2. The molecule has 0 spiro atoms. The maximum Gasteiger partial charge on any atom is 0.223 e. The van der Waals surface area contributed by atoms with Crippen LogP contribution in [0, 0.1) is 0 Å². The Kier molecular flexibility index (Phi) is 6.64. The van der Waals surface area contributed by atoms with E-state index < -0.39 is 0 Å². The van der Waals surface area contributed by atoms with Crippen molar-refractivity contribution < 1.29 is 19.6 Å². The second-order valence-corrected chi connectivity index (χ2v) is 2.43. The molecule has 12 heavy (non-hydrogen) atoms. The Morgan fingerprint density at radius 3 is 2.50 bits per heavy atom. The summed E-state index contributed by atoms with van der Waals surface area (Å²) in [5.41, 5.74) is 4.95. The first-order valence-electron chi connectivity index (χ1n) is 3.86. The molecule has 0 atom stereocenters. The van der Waals surface area contributed by atoms with Gasteiger partial charge in [0, 0.05) is 14.2 Å². The molecule has 0 heterocycles. The van der Waals surface area contributed by atoms with E-state index >= 15 is 0 Å². The minimum Gasteiger partial charge on any atom is -0.369 e. The quantitative estimate of drug-likeness (QED) is 0.350. The molecule has 72 valence electrons. The van der Waals surface area contributed by atoms with Crippen LogP contribution in [0.1, 0.15) is 6.42 Å². The SMILES string of the molecule is COC(C[NH2+]CCC(N)=O)OC. The maximum absolute atomic E-state index is 10.3. The van der Waals surface area contributed by atoms with Crippen molar-refractivity contribution in [2.75, 3.05) is 27.3 Å². The Bertz CT molecular complexity index is 126. The minimum absolute atomic E-state index is 0.210. The van der Waals surface area contributed by atoms with E-state index in [1.807, 2.05) is 5.32 Å². The van der Waals surface area contributed by atoms with Crippen molar-refractivity contribution in [1.82, 2.24) is 0 Å². The molecule has 1 amide bonds. The predicted octanol–water partition coefficient (Wildman–Crippen LogP) is -1.96. The largest absolute Gasteiger partial charge is 0.369 e. The first-order chi connectivity index (χ1) is 5.70. The molecule has 0 radical (unpaired) electrons. The third kappa shape index (κ3) is 6.09. The van der Waals surface area contributed by atoms with Gasteiger partial charge in [-0.25, -0.2) is 0 Å². The van der Waals surface area contributed by atoms with E-state index in [1.54, 1.807) is 14.2 Å². The van der Waals surface area contributed by atoms with Crippen LogP contribution < -0.4 is 11.1 Å². The number of carbonyl (C=O) groups is 1. The van der Waals surface area contributed by atoms with Crippen LogP contribution in [0.4, 0.5) is 0 Å². The lowest BCUT2D eigenvalue weighted by molar-refractivity contribution is -0.666. The van der Waals surface area contributed by atoms with Gasteiger partial charge in [0.05, 0.1) is 13.0 Å². The number of nitrogens with two attached hydrogens (primary N) is 2. The summed E-state index contributed by atoms with van der Waals surface area (Å²) in [6.45, 7) is 1.36. The molecule has 5 heteroatoms. The van der Waals surface area contributed by atoms with Crippen LogP contribution in [0.3, 0.4) is 0 Å². The summed E-state index contributed by atoms with van der Waals surface area (Å²) in [5, 5.41) is 1.93. The molecule has 0 aromatic carbocycles. The summed E-state index contributed by atoms with van der Waals surface area (Å²) < 4.78 is 9.87. The van der Waals surface area contributed by atoms with Gasteiger partial charge in [-0.15, -0.1) is 0 Å². The van der Waals surface area contributed by atoms with Crippen molar-refractivity contribution in [3.63, 3.8) is 0 Å². The number of rotatable bonds is 7. The molecule has 0 fully saturated rings. The smallest absolute Gasteiger partial charge is 0.223 e. The molecule has 0 aliphatic carbocycles. The fraction of sp³-hybridized carbons (Fsp3) is 0.857. The van der Waals surface area contributed by atoms with Crippen LogP contribution in [0.25, 0.3) is 0 Å². The highest BCUT2D eigenvalue weighted by Crippen LogP contribution is 1.83. The number of primary amides is 1. The number of ether oxygens (including phenoxy) is 2. The Morgan fingerprint density at radius 1 is 1.50 bits per heavy atom. The molecule has 0 aromatic rings. The van der Waals surface area contributed by atoms with Crippen molar-refractivity contribution in [2.45, 2.75) is 12.7 Å². The van der Waals surface area contributed by atoms with Crippen molar-refractivity contribution in [3.05, 3.63) is 0 Å². The Balaban J connectivity index is 3.23. The van der Waals surface area contributed by atoms with Gasteiger partial charge in [0.15, 0.2) is 0 Å². The topological polar surface area (TPSA) is 78.2 Å². The standard InChI is InChI=1S/C7H16N2O3/c1-11-7(12-2)5-9-4-3-6(8)10/h7,9H,3-5H2,1-2H3,(H2,8,10)/p+1. The molecule has 0 aromatic heterocycles. The van der Waals surface area contributed by atoms with Gasteiger partial charge < -0.3 is 20.5 Å².